The molecule has 6 rings (SSSR count). The van der Waals surface area contributed by atoms with Gasteiger partial charge >= 0.3 is 0 Å². The molecule has 3 heterocycles. The fourth-order valence-corrected chi connectivity index (χ4v) is 6.44. The van der Waals surface area contributed by atoms with Crippen molar-refractivity contribution in [2.24, 2.45) is 5.92 Å². The van der Waals surface area contributed by atoms with Crippen LogP contribution < -0.4 is 14.8 Å². The van der Waals surface area contributed by atoms with Crippen LogP contribution in [0, 0.1) is 17.2 Å². The molecule has 0 spiro atoms. The van der Waals surface area contributed by atoms with Gasteiger partial charge in [0, 0.05) is 37.3 Å². The minimum Gasteiger partial charge on any atom is -0.495 e. The average molecular weight is 521 g/mol. The third-order valence-electron chi connectivity index (χ3n) is 8.05. The molecule has 196 valence electrons. The summed E-state index contributed by atoms with van der Waals surface area (Å²) in [6.45, 7) is 0.938. The predicted molar refractivity (Wildman–Crippen MR) is 143 cm³/mol. The van der Waals surface area contributed by atoms with Gasteiger partial charge in [-0.2, -0.15) is 5.26 Å². The van der Waals surface area contributed by atoms with E-state index in [1.165, 1.54) is 13.3 Å². The second-order valence-corrected chi connectivity index (χ2v) is 10.00. The highest BCUT2D eigenvalue weighted by Crippen LogP contribution is 2.69. The Morgan fingerprint density at radius 3 is 2.51 bits per heavy atom. The first kappa shape index (κ1) is 25.0. The second kappa shape index (κ2) is 9.79. The number of hydrogen-bond acceptors (Lipinski definition) is 8. The number of nitrogens with one attached hydrogen (secondary N) is 1. The average Bonchev–Trinajstić information content (AvgIpc) is 3.36. The normalized spacial score (nSPS) is 26.8. The lowest BCUT2D eigenvalue weighted by molar-refractivity contribution is -0.152. The van der Waals surface area contributed by atoms with Crippen LogP contribution in [0.2, 0.25) is 0 Å². The molecule has 1 aliphatic heterocycles. The molecular formula is C31H28N4O4. The Bertz CT molecular complexity index is 1510. The molecule has 1 aliphatic carbocycles. The zero-order valence-electron chi connectivity index (χ0n) is 21.4. The number of nitrogens with zero attached hydrogens (tertiary/aromatic N) is 3. The molecule has 8 heteroatoms. The minimum absolute atomic E-state index is 0.334. The molecule has 1 saturated carbocycles. The van der Waals surface area contributed by atoms with E-state index in [1.54, 1.807) is 42.9 Å². The number of aliphatic hydroxyl groups is 2. The highest BCUT2D eigenvalue weighted by atomic mass is 16.5. The Kier molecular flexibility index (Phi) is 6.28. The zero-order valence-corrected chi connectivity index (χ0v) is 21.4. The zero-order chi connectivity index (χ0) is 27.0. The Hall–Kier alpha value is -4.29. The minimum atomic E-state index is -1.88. The lowest BCUT2D eigenvalue weighted by Gasteiger charge is -2.41. The number of rotatable bonds is 7. The van der Waals surface area contributed by atoms with Crippen molar-refractivity contribution in [3.63, 3.8) is 0 Å². The van der Waals surface area contributed by atoms with Gasteiger partial charge in [0.25, 0.3) is 0 Å². The van der Waals surface area contributed by atoms with Gasteiger partial charge < -0.3 is 25.0 Å². The van der Waals surface area contributed by atoms with Gasteiger partial charge in [-0.3, -0.25) is 9.97 Å². The summed E-state index contributed by atoms with van der Waals surface area (Å²) in [6.07, 6.45) is 5.35. The molecule has 2 aliphatic rings. The lowest BCUT2D eigenvalue weighted by Crippen LogP contribution is -2.52. The summed E-state index contributed by atoms with van der Waals surface area (Å²) in [5.41, 5.74) is 0.101. The van der Waals surface area contributed by atoms with Gasteiger partial charge in [-0.25, -0.2) is 0 Å². The van der Waals surface area contributed by atoms with Crippen molar-refractivity contribution in [3.8, 4) is 17.6 Å². The Morgan fingerprint density at radius 1 is 1.03 bits per heavy atom. The molecule has 5 atom stereocenters. The van der Waals surface area contributed by atoms with Crippen molar-refractivity contribution in [1.82, 2.24) is 15.3 Å². The van der Waals surface area contributed by atoms with Crippen LogP contribution in [0.5, 0.6) is 11.5 Å². The van der Waals surface area contributed by atoms with Crippen molar-refractivity contribution in [2.75, 3.05) is 13.7 Å². The Balaban J connectivity index is 1.54. The molecule has 0 amide bonds. The highest BCUT2D eigenvalue weighted by molar-refractivity contribution is 5.59. The number of ether oxygens (including phenoxy) is 2. The van der Waals surface area contributed by atoms with Crippen LogP contribution in [0.25, 0.3) is 0 Å². The van der Waals surface area contributed by atoms with Crippen molar-refractivity contribution >= 4 is 0 Å². The van der Waals surface area contributed by atoms with E-state index in [-0.39, 0.29) is 0 Å². The standard InChI is InChI=1S/C31H28N4O4/c1-38-25-18-35-19-26-28(25)30(37)29(36)24(17-34-16-21-6-5-13-33-15-21)27(22-7-3-2-4-8-22)31(30,39-26)23-11-9-20(14-32)10-12-23/h2-13,15,18-19,24,27,29,34,36-37H,16-17H2,1H3/t24-,27-,29-,30?,31?/m1/s1. The Morgan fingerprint density at radius 2 is 1.82 bits per heavy atom. The van der Waals surface area contributed by atoms with Gasteiger partial charge in [-0.1, -0.05) is 48.5 Å². The van der Waals surface area contributed by atoms with Crippen molar-refractivity contribution in [3.05, 3.63) is 119 Å². The van der Waals surface area contributed by atoms with Gasteiger partial charge in [0.2, 0.25) is 0 Å². The summed E-state index contributed by atoms with van der Waals surface area (Å²) in [7, 11) is 1.51. The van der Waals surface area contributed by atoms with Crippen molar-refractivity contribution < 1.29 is 19.7 Å². The molecule has 0 saturated heterocycles. The van der Waals surface area contributed by atoms with E-state index >= 15 is 0 Å². The number of fused-ring (bicyclic) bond motifs is 3. The van der Waals surface area contributed by atoms with E-state index in [0.717, 1.165) is 11.1 Å². The van der Waals surface area contributed by atoms with E-state index in [2.05, 4.69) is 21.4 Å². The van der Waals surface area contributed by atoms with E-state index in [1.807, 2.05) is 42.5 Å². The molecule has 1 fully saturated rings. The van der Waals surface area contributed by atoms with Gasteiger partial charge in [0.05, 0.1) is 42.8 Å². The molecule has 2 aromatic carbocycles. The second-order valence-electron chi connectivity index (χ2n) is 10.00. The number of methoxy groups -OCH3 is 1. The number of nitriles is 1. The fraction of sp³-hybridized carbons (Fsp3) is 0.258. The molecular weight excluding hydrogens is 492 g/mol. The van der Waals surface area contributed by atoms with Crippen LogP contribution in [0.15, 0.2) is 91.5 Å². The molecule has 39 heavy (non-hydrogen) atoms. The first-order chi connectivity index (χ1) is 19.0. The van der Waals surface area contributed by atoms with Gasteiger partial charge in [0.15, 0.2) is 11.2 Å². The number of aliphatic hydroxyl groups excluding tert-OH is 1. The van der Waals surface area contributed by atoms with Crippen molar-refractivity contribution in [1.29, 1.82) is 5.26 Å². The number of aromatic nitrogens is 2. The summed E-state index contributed by atoms with van der Waals surface area (Å²) in [5, 5.41) is 37.9. The van der Waals surface area contributed by atoms with Crippen LogP contribution in [0.3, 0.4) is 0 Å². The summed E-state index contributed by atoms with van der Waals surface area (Å²) in [6, 6.07) is 22.8. The molecule has 0 bridgehead atoms. The predicted octanol–water partition coefficient (Wildman–Crippen LogP) is 3.40. The number of pyridine rings is 2. The van der Waals surface area contributed by atoms with Crippen LogP contribution >= 0.6 is 0 Å². The SMILES string of the molecule is COc1cncc2c1C1(O)[C@H](O)[C@H](CNCc3cccnc3)[C@@H](c3ccccc3)C1(c1ccc(C#N)cc1)O2. The fourth-order valence-electron chi connectivity index (χ4n) is 6.44. The van der Waals surface area contributed by atoms with E-state index in [0.29, 0.717) is 41.3 Å². The summed E-state index contributed by atoms with van der Waals surface area (Å²) in [4.78, 5) is 8.45. The largest absolute Gasteiger partial charge is 0.495 e. The van der Waals surface area contributed by atoms with Crippen molar-refractivity contribution in [2.45, 2.75) is 29.8 Å². The summed E-state index contributed by atoms with van der Waals surface area (Å²) in [5.74, 6) is -0.260. The van der Waals surface area contributed by atoms with E-state index in [9.17, 15) is 15.5 Å². The van der Waals surface area contributed by atoms with Gasteiger partial charge in [-0.05, 0) is 34.9 Å². The van der Waals surface area contributed by atoms with Gasteiger partial charge in [0.1, 0.15) is 11.5 Å². The maximum atomic E-state index is 12.8. The molecule has 8 nitrogen and oxygen atoms in total. The molecule has 3 N–H and O–H groups in total. The molecule has 4 aromatic rings. The third-order valence-corrected chi connectivity index (χ3v) is 8.05. The highest BCUT2D eigenvalue weighted by Gasteiger charge is 2.76. The Labute approximate surface area is 226 Å². The molecule has 2 aromatic heterocycles. The monoisotopic (exact) mass is 520 g/mol. The maximum Gasteiger partial charge on any atom is 0.177 e. The topological polar surface area (TPSA) is 121 Å². The van der Waals surface area contributed by atoms with Gasteiger partial charge in [-0.15, -0.1) is 0 Å². The van der Waals surface area contributed by atoms with E-state index in [4.69, 9.17) is 9.47 Å². The first-order valence-electron chi connectivity index (χ1n) is 12.8. The quantitative estimate of drug-likeness (QED) is 0.339. The van der Waals surface area contributed by atoms with Crippen LogP contribution in [0.1, 0.15) is 33.7 Å². The van der Waals surface area contributed by atoms with Crippen LogP contribution in [0.4, 0.5) is 0 Å². The van der Waals surface area contributed by atoms with E-state index < -0.39 is 29.1 Å². The number of benzene rings is 2. The molecule has 2 unspecified atom stereocenters. The lowest BCUT2D eigenvalue weighted by atomic mass is 9.70. The summed E-state index contributed by atoms with van der Waals surface area (Å²) >= 11 is 0. The first-order valence-corrected chi connectivity index (χ1v) is 12.8. The van der Waals surface area contributed by atoms with Crippen LogP contribution in [-0.4, -0.2) is 39.9 Å². The molecule has 0 radical (unpaired) electrons. The maximum absolute atomic E-state index is 12.8. The number of hydrogen-bond donors (Lipinski definition) is 3. The van der Waals surface area contributed by atoms with Crippen LogP contribution in [-0.2, 0) is 17.7 Å². The summed E-state index contributed by atoms with van der Waals surface area (Å²) < 4.78 is 12.4. The smallest absolute Gasteiger partial charge is 0.177 e. The third kappa shape index (κ3) is 3.70.